The third-order valence-corrected chi connectivity index (χ3v) is 5.64. The van der Waals surface area contributed by atoms with Gasteiger partial charge in [-0.2, -0.15) is 8.42 Å². The van der Waals surface area contributed by atoms with Crippen molar-refractivity contribution in [3.63, 3.8) is 0 Å². The quantitative estimate of drug-likeness (QED) is 0.324. The van der Waals surface area contributed by atoms with Crippen molar-refractivity contribution in [2.75, 3.05) is 24.9 Å². The van der Waals surface area contributed by atoms with Crippen LogP contribution in [-0.2, 0) is 24.4 Å². The summed E-state index contributed by atoms with van der Waals surface area (Å²) in [6.45, 7) is 4.76. The molecule has 2 aromatic carbocycles. The molecule has 0 aromatic heterocycles. The molecule has 0 aliphatic rings. The topological polar surface area (TPSA) is 161 Å². The van der Waals surface area contributed by atoms with Crippen LogP contribution in [0.3, 0.4) is 0 Å². The highest BCUT2D eigenvalue weighted by molar-refractivity contribution is 7.87. The fourth-order valence-corrected chi connectivity index (χ4v) is 3.76. The summed E-state index contributed by atoms with van der Waals surface area (Å²) in [4.78, 5) is 37.8. The molecule has 0 unspecified atom stereocenters. The molecule has 0 fully saturated rings. The van der Waals surface area contributed by atoms with E-state index < -0.39 is 39.1 Å². The number of aryl methyl sites for hydroxylation is 1. The molecule has 0 bridgehead atoms. The van der Waals surface area contributed by atoms with Gasteiger partial charge in [-0.05, 0) is 49.2 Å². The van der Waals surface area contributed by atoms with Crippen molar-refractivity contribution in [3.05, 3.63) is 47.5 Å². The summed E-state index contributed by atoms with van der Waals surface area (Å²) in [5, 5.41) is 7.17. The lowest BCUT2D eigenvalue weighted by molar-refractivity contribution is -0.114. The lowest BCUT2D eigenvalue weighted by Gasteiger charge is -2.17. The fraction of sp³-hybridized carbons (Fsp3) is 0.238. The molecule has 3 N–H and O–H groups in total. The first kappa shape index (κ1) is 26.1. The summed E-state index contributed by atoms with van der Waals surface area (Å²) in [6.07, 6.45) is -2.06. The lowest BCUT2D eigenvalue weighted by Crippen LogP contribution is -2.37. The van der Waals surface area contributed by atoms with Gasteiger partial charge in [0.2, 0.25) is 11.9 Å². The van der Waals surface area contributed by atoms with E-state index in [1.165, 1.54) is 25.1 Å². The van der Waals surface area contributed by atoms with E-state index in [9.17, 15) is 22.8 Å². The summed E-state index contributed by atoms with van der Waals surface area (Å²) in [5.41, 5.74) is 1.46. The van der Waals surface area contributed by atoms with E-state index in [-0.39, 0.29) is 17.1 Å². The number of methoxy groups -OCH3 is 2. The van der Waals surface area contributed by atoms with Crippen LogP contribution in [0.15, 0.2) is 46.3 Å². The summed E-state index contributed by atoms with van der Waals surface area (Å²) < 4.78 is 40.8. The Labute approximate surface area is 196 Å². The number of hydrogen-bond acceptors (Lipinski definition) is 8. The van der Waals surface area contributed by atoms with E-state index in [4.69, 9.17) is 4.18 Å². The Morgan fingerprint density at radius 3 is 2.29 bits per heavy atom. The maximum Gasteiger partial charge on any atom is 0.436 e. The number of carbonyl (C=O) groups excluding carboxylic acids is 3. The number of amides is 3. The minimum Gasteiger partial charge on any atom is -0.453 e. The van der Waals surface area contributed by atoms with Gasteiger partial charge in [-0.15, -0.1) is 4.99 Å². The van der Waals surface area contributed by atoms with Crippen molar-refractivity contribution in [3.8, 4) is 5.75 Å². The number of rotatable bonds is 5. The van der Waals surface area contributed by atoms with Gasteiger partial charge in [-0.1, -0.05) is 12.1 Å². The second kappa shape index (κ2) is 11.1. The molecule has 12 nitrogen and oxygen atoms in total. The monoisotopic (exact) mass is 492 g/mol. The maximum absolute atomic E-state index is 13.2. The number of carbonyl (C=O) groups is 3. The van der Waals surface area contributed by atoms with Crippen LogP contribution in [0.4, 0.5) is 21.0 Å². The van der Waals surface area contributed by atoms with Gasteiger partial charge in [0.05, 0.1) is 19.9 Å². The Hall–Kier alpha value is -4.13. The Kier molecular flexibility index (Phi) is 8.56. The number of hydrogen-bond donors (Lipinski definition) is 3. The van der Waals surface area contributed by atoms with Crippen molar-refractivity contribution in [1.82, 2.24) is 5.32 Å². The molecule has 2 rings (SSSR count). The minimum atomic E-state index is -4.48. The summed E-state index contributed by atoms with van der Waals surface area (Å²) >= 11 is 0. The van der Waals surface area contributed by atoms with E-state index >= 15 is 0 Å². The third kappa shape index (κ3) is 6.93. The highest BCUT2D eigenvalue weighted by atomic mass is 32.2. The molecular formula is C21H24N4O8S. The fourth-order valence-electron chi connectivity index (χ4n) is 2.59. The molecule has 0 saturated carbocycles. The van der Waals surface area contributed by atoms with Crippen LogP contribution in [0.25, 0.3) is 0 Å². The van der Waals surface area contributed by atoms with Gasteiger partial charge in [0.15, 0.2) is 0 Å². The zero-order chi connectivity index (χ0) is 25.5. The van der Waals surface area contributed by atoms with Crippen molar-refractivity contribution in [2.45, 2.75) is 25.7 Å². The molecule has 2 aromatic rings. The highest BCUT2D eigenvalue weighted by Gasteiger charge is 2.24. The van der Waals surface area contributed by atoms with Crippen LogP contribution in [0, 0.1) is 13.8 Å². The molecule has 0 aliphatic heterocycles. The zero-order valence-corrected chi connectivity index (χ0v) is 19.9. The van der Waals surface area contributed by atoms with E-state index in [0.29, 0.717) is 5.56 Å². The Morgan fingerprint density at radius 2 is 1.68 bits per heavy atom. The number of guanidine groups is 1. The predicted octanol–water partition coefficient (Wildman–Crippen LogP) is 2.92. The SMILES string of the molecule is COC(=O)N=C(NC(=O)OC)Nc1ccc(NC(C)=O)cc1S(=O)(=O)Oc1cccc(C)c1C. The first-order chi connectivity index (χ1) is 16.0. The second-order valence-electron chi connectivity index (χ2n) is 6.80. The van der Waals surface area contributed by atoms with Gasteiger partial charge in [0.25, 0.3) is 0 Å². The van der Waals surface area contributed by atoms with Crippen LogP contribution < -0.4 is 20.1 Å². The first-order valence-corrected chi connectivity index (χ1v) is 11.1. The van der Waals surface area contributed by atoms with Gasteiger partial charge in [0.1, 0.15) is 10.6 Å². The molecule has 0 aliphatic carbocycles. The van der Waals surface area contributed by atoms with Crippen LogP contribution in [0.2, 0.25) is 0 Å². The van der Waals surface area contributed by atoms with Crippen molar-refractivity contribution < 1.29 is 36.5 Å². The van der Waals surface area contributed by atoms with Gasteiger partial charge in [0, 0.05) is 12.6 Å². The molecule has 13 heteroatoms. The number of benzene rings is 2. The maximum atomic E-state index is 13.2. The van der Waals surface area contributed by atoms with Crippen molar-refractivity contribution in [2.24, 2.45) is 4.99 Å². The van der Waals surface area contributed by atoms with E-state index in [1.807, 2.05) is 0 Å². The van der Waals surface area contributed by atoms with Crippen LogP contribution in [-0.4, -0.2) is 46.7 Å². The number of nitrogens with zero attached hydrogens (tertiary/aromatic N) is 1. The zero-order valence-electron chi connectivity index (χ0n) is 19.1. The minimum absolute atomic E-state index is 0.104. The van der Waals surface area contributed by atoms with E-state index in [1.54, 1.807) is 26.0 Å². The number of aliphatic imine (C=N–C) groups is 1. The summed E-state index contributed by atoms with van der Waals surface area (Å²) in [7, 11) is -2.33. The second-order valence-corrected chi connectivity index (χ2v) is 8.31. The number of ether oxygens (including phenoxy) is 2. The van der Waals surface area contributed by atoms with Crippen LogP contribution in [0.5, 0.6) is 5.75 Å². The van der Waals surface area contributed by atoms with Gasteiger partial charge in [-0.25, -0.2) is 9.59 Å². The van der Waals surface area contributed by atoms with E-state index in [0.717, 1.165) is 25.8 Å². The standard InChI is InChI=1S/C21H24N4O8S/c1-12-7-6-8-17(13(12)2)33-34(29,30)18-11-15(22-14(3)26)9-10-16(18)23-19(24-20(27)31-4)25-21(28)32-5/h6-11H,1-5H3,(H,22,26)(H2,23,24,25,27,28). The van der Waals surface area contributed by atoms with Crippen molar-refractivity contribution >= 4 is 45.5 Å². The Morgan fingerprint density at radius 1 is 0.971 bits per heavy atom. The molecule has 34 heavy (non-hydrogen) atoms. The Balaban J connectivity index is 2.58. The molecule has 0 heterocycles. The van der Waals surface area contributed by atoms with Gasteiger partial charge in [-0.3, -0.25) is 10.1 Å². The van der Waals surface area contributed by atoms with E-state index in [2.05, 4.69) is 30.4 Å². The largest absolute Gasteiger partial charge is 0.453 e. The summed E-state index contributed by atoms with van der Waals surface area (Å²) in [6, 6.07) is 8.77. The third-order valence-electron chi connectivity index (χ3n) is 4.36. The Bertz CT molecular complexity index is 1240. The first-order valence-electron chi connectivity index (χ1n) is 9.67. The molecular weight excluding hydrogens is 468 g/mol. The van der Waals surface area contributed by atoms with Crippen LogP contribution in [0.1, 0.15) is 18.1 Å². The molecule has 0 spiro atoms. The highest BCUT2D eigenvalue weighted by Crippen LogP contribution is 2.30. The smallest absolute Gasteiger partial charge is 0.436 e. The molecule has 0 radical (unpaired) electrons. The summed E-state index contributed by atoms with van der Waals surface area (Å²) in [5.74, 6) is -0.805. The lowest BCUT2D eigenvalue weighted by atomic mass is 10.1. The number of alkyl carbamates (subject to hydrolysis) is 1. The number of nitrogens with one attached hydrogen (secondary N) is 3. The molecule has 182 valence electrons. The molecule has 0 atom stereocenters. The number of anilines is 2. The molecule has 0 saturated heterocycles. The van der Waals surface area contributed by atoms with Crippen LogP contribution >= 0.6 is 0 Å². The normalized spacial score (nSPS) is 11.3. The predicted molar refractivity (Wildman–Crippen MR) is 123 cm³/mol. The van der Waals surface area contributed by atoms with Gasteiger partial charge >= 0.3 is 22.3 Å². The van der Waals surface area contributed by atoms with Crippen molar-refractivity contribution in [1.29, 1.82) is 0 Å². The van der Waals surface area contributed by atoms with Gasteiger partial charge < -0.3 is 24.3 Å². The molecule has 3 amide bonds. The average molecular weight is 493 g/mol. The average Bonchev–Trinajstić information content (AvgIpc) is 2.77.